The fourth-order valence-electron chi connectivity index (χ4n) is 3.37. The Morgan fingerprint density at radius 2 is 2.12 bits per heavy atom. The molecule has 0 N–H and O–H groups in total. The molecule has 0 amide bonds. The second-order valence-corrected chi connectivity index (χ2v) is 5.57. The van der Waals surface area contributed by atoms with Gasteiger partial charge in [0.25, 0.3) is 0 Å². The topological polar surface area (TPSA) is 26.3 Å². The van der Waals surface area contributed by atoms with Crippen LogP contribution in [0.2, 0.25) is 0 Å². The van der Waals surface area contributed by atoms with E-state index in [0.29, 0.717) is 17.8 Å². The quantitative estimate of drug-likeness (QED) is 0.514. The van der Waals surface area contributed by atoms with Crippen LogP contribution < -0.4 is 0 Å². The van der Waals surface area contributed by atoms with E-state index in [1.807, 2.05) is 0 Å². The Bertz CT molecular complexity index is 378. The average Bonchev–Trinajstić information content (AvgIpc) is 2.30. The minimum Gasteiger partial charge on any atom is -0.469 e. The molecule has 4 atom stereocenters. The van der Waals surface area contributed by atoms with E-state index in [-0.39, 0.29) is 11.9 Å². The van der Waals surface area contributed by atoms with Gasteiger partial charge in [0.2, 0.25) is 0 Å². The van der Waals surface area contributed by atoms with Gasteiger partial charge in [-0.15, -0.1) is 0 Å². The highest BCUT2D eigenvalue weighted by molar-refractivity contribution is 5.74. The molecule has 0 heterocycles. The number of esters is 1. The maximum atomic E-state index is 12.0. The van der Waals surface area contributed by atoms with Crippen molar-refractivity contribution in [3.8, 4) is 0 Å². The summed E-state index contributed by atoms with van der Waals surface area (Å²) in [4.78, 5) is 12.0. The molecule has 2 aliphatic rings. The van der Waals surface area contributed by atoms with Crippen molar-refractivity contribution in [1.82, 2.24) is 0 Å². The van der Waals surface area contributed by atoms with Crippen LogP contribution >= 0.6 is 0 Å². The molecule has 2 aliphatic carbocycles. The summed E-state index contributed by atoms with van der Waals surface area (Å²) in [6.07, 6.45) is 6.79. The van der Waals surface area contributed by atoms with Gasteiger partial charge in [0.05, 0.1) is 13.0 Å². The zero-order chi connectivity index (χ0) is 12.6. The molecule has 2 heteroatoms. The monoisotopic (exact) mass is 234 g/mol. The molecule has 0 aromatic carbocycles. The van der Waals surface area contributed by atoms with Gasteiger partial charge in [-0.1, -0.05) is 30.2 Å². The standard InChI is InChI=1S/C15H22O2/c1-9-5-6-13-12(7-9)8-10(2)11(3)14(13)15(16)17-4/h5,8,11-14H,6-7H2,1-4H3/t11-,12+,13-,14-/m0/s1. The molecule has 0 bridgehead atoms. The van der Waals surface area contributed by atoms with Crippen molar-refractivity contribution in [2.24, 2.45) is 23.7 Å². The summed E-state index contributed by atoms with van der Waals surface area (Å²) in [5, 5.41) is 0. The maximum absolute atomic E-state index is 12.0. The van der Waals surface area contributed by atoms with Crippen LogP contribution in [0.3, 0.4) is 0 Å². The minimum atomic E-state index is -0.0343. The first-order valence-electron chi connectivity index (χ1n) is 6.46. The normalized spacial score (nSPS) is 36.7. The lowest BCUT2D eigenvalue weighted by Crippen LogP contribution is -2.39. The highest BCUT2D eigenvalue weighted by atomic mass is 16.5. The first-order chi connectivity index (χ1) is 8.04. The fourth-order valence-corrected chi connectivity index (χ4v) is 3.37. The lowest BCUT2D eigenvalue weighted by Gasteiger charge is -2.41. The molecule has 0 spiro atoms. The summed E-state index contributed by atoms with van der Waals surface area (Å²) in [5.74, 6) is 1.29. The summed E-state index contributed by atoms with van der Waals surface area (Å²) in [7, 11) is 1.50. The molecular weight excluding hydrogens is 212 g/mol. The SMILES string of the molecule is COC(=O)[C@@H]1[C@H]2CC=C(C)C[C@@H]2C=C(C)[C@@H]1C. The first kappa shape index (κ1) is 12.4. The van der Waals surface area contributed by atoms with Gasteiger partial charge in [-0.2, -0.15) is 0 Å². The second kappa shape index (κ2) is 4.67. The maximum Gasteiger partial charge on any atom is 0.309 e. The van der Waals surface area contributed by atoms with Crippen molar-refractivity contribution in [2.45, 2.75) is 33.6 Å². The van der Waals surface area contributed by atoms with E-state index < -0.39 is 0 Å². The van der Waals surface area contributed by atoms with Crippen LogP contribution in [0.4, 0.5) is 0 Å². The number of hydrogen-bond donors (Lipinski definition) is 0. The third-order valence-electron chi connectivity index (χ3n) is 4.51. The van der Waals surface area contributed by atoms with Crippen LogP contribution in [0.25, 0.3) is 0 Å². The first-order valence-corrected chi connectivity index (χ1v) is 6.46. The number of carbonyl (C=O) groups is 1. The Morgan fingerprint density at radius 1 is 1.41 bits per heavy atom. The molecule has 94 valence electrons. The van der Waals surface area contributed by atoms with E-state index in [1.54, 1.807) is 0 Å². The van der Waals surface area contributed by atoms with Crippen molar-refractivity contribution in [3.05, 3.63) is 23.3 Å². The number of ether oxygens (including phenoxy) is 1. The molecule has 0 fully saturated rings. The van der Waals surface area contributed by atoms with E-state index in [9.17, 15) is 4.79 Å². The molecule has 17 heavy (non-hydrogen) atoms. The lowest BCUT2D eigenvalue weighted by atomic mass is 9.63. The van der Waals surface area contributed by atoms with Crippen molar-refractivity contribution in [3.63, 3.8) is 0 Å². The third-order valence-corrected chi connectivity index (χ3v) is 4.51. The Balaban J connectivity index is 2.32. The zero-order valence-corrected chi connectivity index (χ0v) is 11.2. The Hall–Kier alpha value is -1.05. The Kier molecular flexibility index (Phi) is 3.41. The predicted molar refractivity (Wildman–Crippen MR) is 68.4 cm³/mol. The number of hydrogen-bond acceptors (Lipinski definition) is 2. The number of methoxy groups -OCH3 is 1. The van der Waals surface area contributed by atoms with Crippen LogP contribution in [0.15, 0.2) is 23.3 Å². The molecule has 2 rings (SSSR count). The van der Waals surface area contributed by atoms with Gasteiger partial charge in [-0.25, -0.2) is 0 Å². The van der Waals surface area contributed by atoms with Crippen LogP contribution in [0.1, 0.15) is 33.6 Å². The van der Waals surface area contributed by atoms with Gasteiger partial charge in [0, 0.05) is 0 Å². The van der Waals surface area contributed by atoms with Gasteiger partial charge in [-0.3, -0.25) is 4.79 Å². The summed E-state index contributed by atoms with van der Waals surface area (Å²) in [6, 6.07) is 0. The number of carbonyl (C=O) groups excluding carboxylic acids is 1. The number of allylic oxidation sites excluding steroid dienone is 4. The van der Waals surface area contributed by atoms with E-state index in [4.69, 9.17) is 4.74 Å². The summed E-state index contributed by atoms with van der Waals surface area (Å²) < 4.78 is 5.00. The highest BCUT2D eigenvalue weighted by Crippen LogP contribution is 2.45. The van der Waals surface area contributed by atoms with Gasteiger partial charge in [-0.05, 0) is 44.4 Å². The van der Waals surface area contributed by atoms with E-state index >= 15 is 0 Å². The molecule has 0 radical (unpaired) electrons. The largest absolute Gasteiger partial charge is 0.469 e. The van der Waals surface area contributed by atoms with Gasteiger partial charge in [0.15, 0.2) is 0 Å². The van der Waals surface area contributed by atoms with Crippen molar-refractivity contribution >= 4 is 5.97 Å². The minimum absolute atomic E-state index is 0.0343. The van der Waals surface area contributed by atoms with Crippen LogP contribution in [-0.4, -0.2) is 13.1 Å². The molecule has 0 aromatic rings. The van der Waals surface area contributed by atoms with Crippen molar-refractivity contribution < 1.29 is 9.53 Å². The molecule has 2 nitrogen and oxygen atoms in total. The average molecular weight is 234 g/mol. The van der Waals surface area contributed by atoms with Crippen molar-refractivity contribution in [1.29, 1.82) is 0 Å². The number of fused-ring (bicyclic) bond motifs is 1. The Labute approximate surface area is 104 Å². The third kappa shape index (κ3) is 2.18. The molecule has 0 saturated heterocycles. The fraction of sp³-hybridized carbons (Fsp3) is 0.667. The van der Waals surface area contributed by atoms with Crippen LogP contribution in [-0.2, 0) is 9.53 Å². The summed E-state index contributed by atoms with van der Waals surface area (Å²) >= 11 is 0. The van der Waals surface area contributed by atoms with Crippen LogP contribution in [0.5, 0.6) is 0 Å². The van der Waals surface area contributed by atoms with Crippen LogP contribution in [0, 0.1) is 23.7 Å². The highest BCUT2D eigenvalue weighted by Gasteiger charge is 2.42. The van der Waals surface area contributed by atoms with Gasteiger partial charge in [0.1, 0.15) is 0 Å². The van der Waals surface area contributed by atoms with Crippen molar-refractivity contribution in [2.75, 3.05) is 7.11 Å². The number of rotatable bonds is 1. The lowest BCUT2D eigenvalue weighted by molar-refractivity contribution is -0.150. The van der Waals surface area contributed by atoms with E-state index in [1.165, 1.54) is 18.3 Å². The van der Waals surface area contributed by atoms with E-state index in [2.05, 4.69) is 32.9 Å². The Morgan fingerprint density at radius 3 is 2.76 bits per heavy atom. The molecule has 0 unspecified atom stereocenters. The molecular formula is C15H22O2. The van der Waals surface area contributed by atoms with Gasteiger partial charge < -0.3 is 4.74 Å². The molecule has 0 aliphatic heterocycles. The summed E-state index contributed by atoms with van der Waals surface area (Å²) in [5.41, 5.74) is 2.80. The summed E-state index contributed by atoms with van der Waals surface area (Å²) in [6.45, 7) is 6.48. The second-order valence-electron chi connectivity index (χ2n) is 5.57. The molecule has 0 aromatic heterocycles. The van der Waals surface area contributed by atoms with E-state index in [0.717, 1.165) is 12.8 Å². The molecule has 0 saturated carbocycles. The predicted octanol–water partition coefficient (Wildman–Crippen LogP) is 3.34. The smallest absolute Gasteiger partial charge is 0.309 e. The zero-order valence-electron chi connectivity index (χ0n) is 11.2. The van der Waals surface area contributed by atoms with Gasteiger partial charge >= 0.3 is 5.97 Å².